The lowest BCUT2D eigenvalue weighted by Crippen LogP contribution is -2.40. The zero-order valence-corrected chi connectivity index (χ0v) is 13.7. The van der Waals surface area contributed by atoms with Gasteiger partial charge in [-0.1, -0.05) is 12.1 Å². The van der Waals surface area contributed by atoms with E-state index in [9.17, 15) is 0 Å². The molecule has 2 aromatic rings. The zero-order chi connectivity index (χ0) is 16.8. The van der Waals surface area contributed by atoms with E-state index in [2.05, 4.69) is 33.5 Å². The van der Waals surface area contributed by atoms with E-state index >= 15 is 0 Å². The second kappa shape index (κ2) is 7.28. The minimum absolute atomic E-state index is 0.0607. The Morgan fingerprint density at radius 3 is 2.58 bits per heavy atom. The molecule has 0 radical (unpaired) electrons. The Balaban J connectivity index is 1.84. The summed E-state index contributed by atoms with van der Waals surface area (Å²) in [6.45, 7) is 2.12. The van der Waals surface area contributed by atoms with Crippen molar-refractivity contribution in [3.05, 3.63) is 47.9 Å². The molecule has 0 spiro atoms. The van der Waals surface area contributed by atoms with Gasteiger partial charge in [0.1, 0.15) is 11.8 Å². The third-order valence-electron chi connectivity index (χ3n) is 4.55. The lowest BCUT2D eigenvalue weighted by molar-refractivity contribution is 0.0543. The second-order valence-corrected chi connectivity index (χ2v) is 5.84. The van der Waals surface area contributed by atoms with Crippen LogP contribution in [-0.4, -0.2) is 36.8 Å². The molecule has 0 saturated carbocycles. The van der Waals surface area contributed by atoms with Crippen molar-refractivity contribution in [1.29, 1.82) is 5.26 Å². The average molecular weight is 324 g/mol. The molecular formula is C18H20N4O2. The molecule has 6 heteroatoms. The van der Waals surface area contributed by atoms with E-state index in [-0.39, 0.29) is 5.41 Å². The van der Waals surface area contributed by atoms with E-state index in [0.717, 1.165) is 31.8 Å². The van der Waals surface area contributed by atoms with Gasteiger partial charge in [-0.25, -0.2) is 9.97 Å². The summed E-state index contributed by atoms with van der Waals surface area (Å²) in [7, 11) is 1.66. The second-order valence-electron chi connectivity index (χ2n) is 5.84. The summed E-state index contributed by atoms with van der Waals surface area (Å²) in [6, 6.07) is 10.2. The van der Waals surface area contributed by atoms with E-state index in [0.29, 0.717) is 18.1 Å². The number of methoxy groups -OCH3 is 1. The number of rotatable bonds is 5. The monoisotopic (exact) mass is 324 g/mol. The SMILES string of the molecule is COc1ccc(C2(CNc3nccnc3C#N)CCOCC2)cc1. The van der Waals surface area contributed by atoms with Crippen LogP contribution >= 0.6 is 0 Å². The van der Waals surface area contributed by atoms with E-state index < -0.39 is 0 Å². The summed E-state index contributed by atoms with van der Waals surface area (Å²) in [5.74, 6) is 1.37. The highest BCUT2D eigenvalue weighted by Crippen LogP contribution is 2.36. The van der Waals surface area contributed by atoms with E-state index in [4.69, 9.17) is 14.7 Å². The molecule has 1 fully saturated rings. The molecule has 6 nitrogen and oxygen atoms in total. The standard InChI is InChI=1S/C18H20N4O2/c1-23-15-4-2-14(3-5-15)18(6-10-24-11-7-18)13-22-17-16(12-19)20-8-9-21-17/h2-5,8-9H,6-7,10-11,13H2,1H3,(H,21,22). The van der Waals surface area contributed by atoms with Crippen molar-refractivity contribution in [2.24, 2.45) is 0 Å². The summed E-state index contributed by atoms with van der Waals surface area (Å²) < 4.78 is 10.8. The highest BCUT2D eigenvalue weighted by molar-refractivity contribution is 5.47. The molecule has 0 aliphatic carbocycles. The molecule has 1 saturated heterocycles. The molecule has 0 atom stereocenters. The Kier molecular flexibility index (Phi) is 4.92. The minimum Gasteiger partial charge on any atom is -0.497 e. The van der Waals surface area contributed by atoms with Crippen LogP contribution in [0.15, 0.2) is 36.7 Å². The first-order valence-corrected chi connectivity index (χ1v) is 7.95. The Hall–Kier alpha value is -2.65. The van der Waals surface area contributed by atoms with Crippen molar-refractivity contribution in [3.63, 3.8) is 0 Å². The van der Waals surface area contributed by atoms with Crippen molar-refractivity contribution < 1.29 is 9.47 Å². The number of aromatic nitrogens is 2. The Morgan fingerprint density at radius 2 is 1.92 bits per heavy atom. The lowest BCUT2D eigenvalue weighted by Gasteiger charge is -2.38. The third kappa shape index (κ3) is 3.31. The number of anilines is 1. The van der Waals surface area contributed by atoms with Gasteiger partial charge >= 0.3 is 0 Å². The minimum atomic E-state index is -0.0607. The Bertz CT molecular complexity index is 719. The average Bonchev–Trinajstić information content (AvgIpc) is 2.67. The Labute approximate surface area is 141 Å². The third-order valence-corrected chi connectivity index (χ3v) is 4.55. The molecular weight excluding hydrogens is 304 g/mol. The number of hydrogen-bond donors (Lipinski definition) is 1. The highest BCUT2D eigenvalue weighted by atomic mass is 16.5. The van der Waals surface area contributed by atoms with Crippen LogP contribution in [0.3, 0.4) is 0 Å². The molecule has 24 heavy (non-hydrogen) atoms. The summed E-state index contributed by atoms with van der Waals surface area (Å²) in [6.07, 6.45) is 4.94. The number of nitriles is 1. The van der Waals surface area contributed by atoms with Gasteiger partial charge in [-0.2, -0.15) is 5.26 Å². The van der Waals surface area contributed by atoms with Crippen LogP contribution < -0.4 is 10.1 Å². The van der Waals surface area contributed by atoms with Crippen molar-refractivity contribution in [3.8, 4) is 11.8 Å². The van der Waals surface area contributed by atoms with Crippen molar-refractivity contribution in [2.75, 3.05) is 32.2 Å². The van der Waals surface area contributed by atoms with Gasteiger partial charge in [-0.15, -0.1) is 0 Å². The number of nitrogens with zero attached hydrogens (tertiary/aromatic N) is 3. The normalized spacial score (nSPS) is 16.2. The maximum absolute atomic E-state index is 9.17. The van der Waals surface area contributed by atoms with Crippen LogP contribution in [0.5, 0.6) is 5.75 Å². The van der Waals surface area contributed by atoms with Crippen molar-refractivity contribution in [1.82, 2.24) is 9.97 Å². The van der Waals surface area contributed by atoms with Crippen molar-refractivity contribution in [2.45, 2.75) is 18.3 Å². The summed E-state index contributed by atoms with van der Waals surface area (Å²) in [5.41, 5.74) is 1.49. The summed E-state index contributed by atoms with van der Waals surface area (Å²) >= 11 is 0. The molecule has 1 aromatic heterocycles. The van der Waals surface area contributed by atoms with Gasteiger partial charge < -0.3 is 14.8 Å². The first kappa shape index (κ1) is 16.2. The maximum Gasteiger partial charge on any atom is 0.182 e. The molecule has 1 aliphatic heterocycles. The van der Waals surface area contributed by atoms with Crippen LogP contribution in [0.25, 0.3) is 0 Å². The van der Waals surface area contributed by atoms with E-state index in [1.807, 2.05) is 12.1 Å². The van der Waals surface area contributed by atoms with Crippen LogP contribution in [0, 0.1) is 11.3 Å². The maximum atomic E-state index is 9.17. The van der Waals surface area contributed by atoms with Crippen molar-refractivity contribution >= 4 is 5.82 Å². The quantitative estimate of drug-likeness (QED) is 0.910. The number of hydrogen-bond acceptors (Lipinski definition) is 6. The van der Waals surface area contributed by atoms with Gasteiger partial charge in [0.2, 0.25) is 0 Å². The summed E-state index contributed by atoms with van der Waals surface area (Å²) in [4.78, 5) is 8.29. The summed E-state index contributed by atoms with van der Waals surface area (Å²) in [5, 5.41) is 12.5. The molecule has 3 rings (SSSR count). The van der Waals surface area contributed by atoms with Crippen LogP contribution in [0.4, 0.5) is 5.82 Å². The molecule has 2 heterocycles. The lowest BCUT2D eigenvalue weighted by atomic mass is 9.74. The molecule has 0 bridgehead atoms. The number of nitrogens with one attached hydrogen (secondary N) is 1. The van der Waals surface area contributed by atoms with Gasteiger partial charge in [-0.3, -0.25) is 0 Å². The van der Waals surface area contributed by atoms with Gasteiger partial charge in [0.25, 0.3) is 0 Å². The smallest absolute Gasteiger partial charge is 0.182 e. The fourth-order valence-electron chi connectivity index (χ4n) is 3.08. The van der Waals surface area contributed by atoms with Crippen LogP contribution in [0.1, 0.15) is 24.1 Å². The fraction of sp³-hybridized carbons (Fsp3) is 0.389. The zero-order valence-electron chi connectivity index (χ0n) is 13.7. The first-order chi connectivity index (χ1) is 11.8. The van der Waals surface area contributed by atoms with Crippen LogP contribution in [0.2, 0.25) is 0 Å². The predicted octanol–water partition coefficient (Wildman–Crippen LogP) is 2.52. The van der Waals surface area contributed by atoms with Gasteiger partial charge in [-0.05, 0) is 30.5 Å². The predicted molar refractivity (Wildman–Crippen MR) is 90.0 cm³/mol. The van der Waals surface area contributed by atoms with Gasteiger partial charge in [0, 0.05) is 37.6 Å². The van der Waals surface area contributed by atoms with E-state index in [1.54, 1.807) is 13.3 Å². The van der Waals surface area contributed by atoms with Gasteiger partial charge in [0.05, 0.1) is 7.11 Å². The largest absolute Gasteiger partial charge is 0.497 e. The fourth-order valence-corrected chi connectivity index (χ4v) is 3.08. The highest BCUT2D eigenvalue weighted by Gasteiger charge is 2.34. The molecule has 0 amide bonds. The topological polar surface area (TPSA) is 80.1 Å². The first-order valence-electron chi connectivity index (χ1n) is 7.95. The molecule has 1 aromatic carbocycles. The molecule has 1 aliphatic rings. The van der Waals surface area contributed by atoms with Gasteiger partial charge in [0.15, 0.2) is 11.5 Å². The number of benzene rings is 1. The molecule has 1 N–H and O–H groups in total. The molecule has 0 unspecified atom stereocenters. The van der Waals surface area contributed by atoms with E-state index in [1.165, 1.54) is 11.8 Å². The molecule has 124 valence electrons. The Morgan fingerprint density at radius 1 is 1.21 bits per heavy atom. The number of ether oxygens (including phenoxy) is 2. The van der Waals surface area contributed by atoms with Crippen LogP contribution in [-0.2, 0) is 10.2 Å².